The van der Waals surface area contributed by atoms with Gasteiger partial charge in [-0.1, -0.05) is 43.7 Å². The molecule has 0 aliphatic carbocycles. The van der Waals surface area contributed by atoms with Gasteiger partial charge < -0.3 is 10.6 Å². The van der Waals surface area contributed by atoms with Crippen LogP contribution in [0.5, 0.6) is 0 Å². The molecule has 0 saturated carbocycles. The summed E-state index contributed by atoms with van der Waals surface area (Å²) in [6.07, 6.45) is 2.22. The molecule has 0 radical (unpaired) electrons. The highest BCUT2D eigenvalue weighted by molar-refractivity contribution is 5.79. The zero-order valence-electron chi connectivity index (χ0n) is 15.7. The molecule has 132 valence electrons. The van der Waals surface area contributed by atoms with E-state index in [9.17, 15) is 0 Å². The maximum atomic E-state index is 6.36. The maximum absolute atomic E-state index is 6.36. The molecule has 2 aromatic heterocycles. The van der Waals surface area contributed by atoms with Crippen LogP contribution >= 0.6 is 0 Å². The van der Waals surface area contributed by atoms with Crippen molar-refractivity contribution in [2.75, 3.05) is 23.7 Å². The number of nitrogens with zero attached hydrogens (tertiary/aromatic N) is 3. The van der Waals surface area contributed by atoms with Crippen molar-refractivity contribution in [3.05, 3.63) is 47.5 Å². The highest BCUT2D eigenvalue weighted by Crippen LogP contribution is 2.33. The maximum Gasteiger partial charge on any atom is 0.150 e. The van der Waals surface area contributed by atoms with Gasteiger partial charge in [0.2, 0.25) is 0 Å². The van der Waals surface area contributed by atoms with Crippen molar-refractivity contribution < 1.29 is 0 Å². The van der Waals surface area contributed by atoms with E-state index in [1.807, 2.05) is 6.07 Å². The summed E-state index contributed by atoms with van der Waals surface area (Å²) in [4.78, 5) is 7.06. The topological polar surface area (TPSA) is 46.6 Å². The van der Waals surface area contributed by atoms with E-state index < -0.39 is 0 Å². The Balaban J connectivity index is 2.27. The summed E-state index contributed by atoms with van der Waals surface area (Å²) in [7, 11) is 0. The Bertz CT molecular complexity index is 873. The third-order valence-corrected chi connectivity index (χ3v) is 4.60. The summed E-state index contributed by atoms with van der Waals surface area (Å²) in [6, 6.07) is 12.8. The molecule has 0 bridgehead atoms. The quantitative estimate of drug-likeness (QED) is 0.701. The van der Waals surface area contributed by atoms with Crippen LogP contribution in [0.4, 0.5) is 11.6 Å². The van der Waals surface area contributed by atoms with Crippen molar-refractivity contribution in [1.82, 2.24) is 9.38 Å². The molecule has 0 amide bonds. The largest absolute Gasteiger partial charge is 0.382 e. The van der Waals surface area contributed by atoms with Gasteiger partial charge in [-0.2, -0.15) is 0 Å². The predicted molar refractivity (Wildman–Crippen MR) is 107 cm³/mol. The second-order valence-corrected chi connectivity index (χ2v) is 6.73. The normalized spacial score (nSPS) is 11.2. The second kappa shape index (κ2) is 7.18. The number of nitrogens with two attached hydrogens (primary N) is 1. The van der Waals surface area contributed by atoms with Crippen molar-refractivity contribution in [2.45, 2.75) is 40.5 Å². The molecule has 3 rings (SSSR count). The molecule has 2 heterocycles. The Kier molecular flexibility index (Phi) is 4.98. The van der Waals surface area contributed by atoms with Gasteiger partial charge in [0.15, 0.2) is 5.82 Å². The zero-order chi connectivity index (χ0) is 18.0. The molecule has 0 aliphatic heterocycles. The van der Waals surface area contributed by atoms with Gasteiger partial charge in [-0.3, -0.25) is 4.40 Å². The number of aromatic nitrogens is 2. The van der Waals surface area contributed by atoms with Crippen LogP contribution in [0.1, 0.15) is 37.8 Å². The van der Waals surface area contributed by atoms with E-state index in [-0.39, 0.29) is 0 Å². The van der Waals surface area contributed by atoms with E-state index in [2.05, 4.69) is 72.3 Å². The lowest BCUT2D eigenvalue weighted by molar-refractivity contribution is 0.730. The molecule has 0 unspecified atom stereocenters. The smallest absolute Gasteiger partial charge is 0.150 e. The summed E-state index contributed by atoms with van der Waals surface area (Å²) in [5.74, 6) is 1.76. The van der Waals surface area contributed by atoms with E-state index in [0.29, 0.717) is 5.82 Å². The minimum Gasteiger partial charge on any atom is -0.382 e. The van der Waals surface area contributed by atoms with Gasteiger partial charge in [-0.15, -0.1) is 0 Å². The van der Waals surface area contributed by atoms with Crippen molar-refractivity contribution in [3.63, 3.8) is 0 Å². The lowest BCUT2D eigenvalue weighted by Crippen LogP contribution is -2.27. The first-order valence-corrected chi connectivity index (χ1v) is 9.16. The number of fused-ring (bicyclic) bond motifs is 1. The van der Waals surface area contributed by atoms with Gasteiger partial charge in [0.05, 0.1) is 5.69 Å². The van der Waals surface area contributed by atoms with E-state index in [1.165, 1.54) is 16.9 Å². The van der Waals surface area contributed by atoms with Crippen molar-refractivity contribution in [1.29, 1.82) is 0 Å². The monoisotopic (exact) mass is 336 g/mol. The first kappa shape index (κ1) is 17.3. The van der Waals surface area contributed by atoms with Gasteiger partial charge in [-0.05, 0) is 44.4 Å². The Morgan fingerprint density at radius 3 is 2.40 bits per heavy atom. The van der Waals surface area contributed by atoms with Gasteiger partial charge in [0, 0.05) is 18.7 Å². The first-order valence-electron chi connectivity index (χ1n) is 9.16. The van der Waals surface area contributed by atoms with Crippen molar-refractivity contribution in [2.24, 2.45) is 0 Å². The lowest BCUT2D eigenvalue weighted by atomic mass is 10.0. The van der Waals surface area contributed by atoms with Crippen LogP contribution in [0.25, 0.3) is 16.9 Å². The number of anilines is 2. The van der Waals surface area contributed by atoms with Crippen LogP contribution < -0.4 is 10.6 Å². The van der Waals surface area contributed by atoms with Crippen molar-refractivity contribution >= 4 is 17.3 Å². The van der Waals surface area contributed by atoms with E-state index in [1.54, 1.807) is 0 Å². The minimum absolute atomic E-state index is 0.590. The average molecular weight is 336 g/mol. The lowest BCUT2D eigenvalue weighted by Gasteiger charge is -2.25. The van der Waals surface area contributed by atoms with Crippen LogP contribution in [0, 0.1) is 13.8 Å². The fraction of sp³-hybridized carbons (Fsp3) is 0.381. The molecule has 0 atom stereocenters. The Hall–Kier alpha value is -2.49. The molecule has 4 nitrogen and oxygen atoms in total. The Morgan fingerprint density at radius 2 is 1.76 bits per heavy atom. The van der Waals surface area contributed by atoms with Gasteiger partial charge in [-0.25, -0.2) is 4.98 Å². The number of hydrogen-bond acceptors (Lipinski definition) is 3. The molecular weight excluding hydrogens is 308 g/mol. The molecule has 1 aromatic carbocycles. The molecule has 4 heteroatoms. The van der Waals surface area contributed by atoms with Crippen LogP contribution in [-0.2, 0) is 0 Å². The number of rotatable bonds is 6. The summed E-state index contributed by atoms with van der Waals surface area (Å²) in [6.45, 7) is 10.7. The van der Waals surface area contributed by atoms with Crippen LogP contribution in [0.15, 0.2) is 36.4 Å². The minimum atomic E-state index is 0.590. The SMILES string of the molecule is CCCN(CCC)c1cccc2nc(N)c(-c3ccc(C)cc3C)n12. The van der Waals surface area contributed by atoms with Gasteiger partial charge >= 0.3 is 0 Å². The first-order chi connectivity index (χ1) is 12.1. The second-order valence-electron chi connectivity index (χ2n) is 6.73. The molecule has 3 aromatic rings. The highest BCUT2D eigenvalue weighted by Gasteiger charge is 2.18. The number of aryl methyl sites for hydroxylation is 2. The van der Waals surface area contributed by atoms with Gasteiger partial charge in [0.25, 0.3) is 0 Å². The molecule has 2 N–H and O–H groups in total. The summed E-state index contributed by atoms with van der Waals surface area (Å²) in [5.41, 5.74) is 11.9. The number of benzene rings is 1. The fourth-order valence-corrected chi connectivity index (χ4v) is 3.56. The van der Waals surface area contributed by atoms with Crippen LogP contribution in [0.3, 0.4) is 0 Å². The molecular formula is C21H28N4. The predicted octanol–water partition coefficient (Wildman–Crippen LogP) is 4.83. The summed E-state index contributed by atoms with van der Waals surface area (Å²) < 4.78 is 2.22. The number of pyridine rings is 1. The Morgan fingerprint density at radius 1 is 1.04 bits per heavy atom. The van der Waals surface area contributed by atoms with E-state index in [4.69, 9.17) is 5.73 Å². The fourth-order valence-electron chi connectivity index (χ4n) is 3.56. The molecule has 0 saturated heterocycles. The van der Waals surface area contributed by atoms with Crippen LogP contribution in [-0.4, -0.2) is 22.5 Å². The zero-order valence-corrected chi connectivity index (χ0v) is 15.7. The van der Waals surface area contributed by atoms with Crippen molar-refractivity contribution in [3.8, 4) is 11.3 Å². The Labute approximate surface area is 150 Å². The molecule has 0 spiro atoms. The molecule has 25 heavy (non-hydrogen) atoms. The molecule has 0 fully saturated rings. The van der Waals surface area contributed by atoms with Gasteiger partial charge in [0.1, 0.15) is 11.5 Å². The standard InChI is InChI=1S/C21H28N4/c1-5-12-24(13-6-2)19-9-7-8-18-23-21(22)20(25(18)19)17-11-10-15(3)14-16(17)4/h7-11,14H,5-6,12-13,22H2,1-4H3. The highest BCUT2D eigenvalue weighted by atomic mass is 15.2. The summed E-state index contributed by atoms with van der Waals surface area (Å²) >= 11 is 0. The third-order valence-electron chi connectivity index (χ3n) is 4.60. The van der Waals surface area contributed by atoms with E-state index in [0.717, 1.165) is 42.8 Å². The number of imidazole rings is 1. The number of hydrogen-bond donors (Lipinski definition) is 1. The van der Waals surface area contributed by atoms with Crippen LogP contribution in [0.2, 0.25) is 0 Å². The molecule has 0 aliphatic rings. The number of nitrogen functional groups attached to an aromatic ring is 1. The van der Waals surface area contributed by atoms with E-state index >= 15 is 0 Å². The third kappa shape index (κ3) is 3.21. The summed E-state index contributed by atoms with van der Waals surface area (Å²) in [5, 5.41) is 0. The average Bonchev–Trinajstić information content (AvgIpc) is 2.91.